The summed E-state index contributed by atoms with van der Waals surface area (Å²) in [6.45, 7) is 9.37. The Hall–Kier alpha value is -1.44. The first-order chi connectivity index (χ1) is 12.5. The van der Waals surface area contributed by atoms with Gasteiger partial charge < -0.3 is 0 Å². The minimum Gasteiger partial charge on any atom is -0.203 e. The van der Waals surface area contributed by atoms with E-state index in [4.69, 9.17) is 0 Å². The van der Waals surface area contributed by atoms with Crippen LogP contribution in [0.2, 0.25) is 0 Å². The molecule has 1 aromatic carbocycles. The van der Waals surface area contributed by atoms with Gasteiger partial charge in [0, 0.05) is 5.56 Å². The smallest absolute Gasteiger partial charge is 0.166 e. The molecule has 0 heterocycles. The third-order valence-electron chi connectivity index (χ3n) is 6.84. The zero-order chi connectivity index (χ0) is 18.7. The molecule has 0 unspecified atom stereocenters. The van der Waals surface area contributed by atoms with Crippen molar-refractivity contribution in [1.82, 2.24) is 0 Å². The Bertz CT molecular complexity index is 644. The van der Waals surface area contributed by atoms with Crippen molar-refractivity contribution in [3.8, 4) is 0 Å². The second-order valence-corrected chi connectivity index (χ2v) is 8.58. The second kappa shape index (κ2) is 8.50. The van der Waals surface area contributed by atoms with Gasteiger partial charge in [-0.2, -0.15) is 0 Å². The molecule has 0 aliphatic heterocycles. The van der Waals surface area contributed by atoms with Crippen molar-refractivity contribution in [3.05, 3.63) is 54.1 Å². The molecule has 1 aromatic rings. The fourth-order valence-corrected chi connectivity index (χ4v) is 5.10. The van der Waals surface area contributed by atoms with Gasteiger partial charge in [-0.15, -0.1) is 6.58 Å². The van der Waals surface area contributed by atoms with Gasteiger partial charge >= 0.3 is 0 Å². The van der Waals surface area contributed by atoms with Gasteiger partial charge in [-0.3, -0.25) is 0 Å². The molecule has 2 aliphatic rings. The molecular weight excluding hydrogens is 326 g/mol. The molecule has 2 heteroatoms. The molecule has 142 valence electrons. The average Bonchev–Trinajstić information content (AvgIpc) is 2.66. The predicted molar refractivity (Wildman–Crippen MR) is 106 cm³/mol. The van der Waals surface area contributed by atoms with Gasteiger partial charge in [-0.25, -0.2) is 8.78 Å². The summed E-state index contributed by atoms with van der Waals surface area (Å²) in [7, 11) is 0. The summed E-state index contributed by atoms with van der Waals surface area (Å²) in [5, 5.41) is 0. The van der Waals surface area contributed by atoms with Crippen LogP contribution in [0, 0.1) is 35.3 Å². The highest BCUT2D eigenvalue weighted by molar-refractivity contribution is 5.62. The van der Waals surface area contributed by atoms with Crippen molar-refractivity contribution in [1.29, 1.82) is 0 Å². The van der Waals surface area contributed by atoms with Gasteiger partial charge in [-0.05, 0) is 99.5 Å². The summed E-state index contributed by atoms with van der Waals surface area (Å²) >= 11 is 0. The number of rotatable bonds is 5. The van der Waals surface area contributed by atoms with Crippen LogP contribution in [-0.4, -0.2) is 0 Å². The lowest BCUT2D eigenvalue weighted by atomic mass is 9.68. The first-order valence-corrected chi connectivity index (χ1v) is 10.2. The fraction of sp³-hybridized carbons (Fsp3) is 0.583. The van der Waals surface area contributed by atoms with E-state index in [-0.39, 0.29) is 0 Å². The predicted octanol–water partition coefficient (Wildman–Crippen LogP) is 7.34. The Balaban J connectivity index is 1.54. The van der Waals surface area contributed by atoms with Crippen LogP contribution in [0.25, 0.3) is 5.57 Å². The fourth-order valence-electron chi connectivity index (χ4n) is 5.10. The van der Waals surface area contributed by atoms with E-state index in [0.717, 1.165) is 30.6 Å². The molecular formula is C24H32F2. The number of allylic oxidation sites excluding steroid dienone is 2. The number of hydrogen-bond donors (Lipinski definition) is 0. The monoisotopic (exact) mass is 358 g/mol. The molecule has 2 aliphatic carbocycles. The molecule has 0 aromatic heterocycles. The summed E-state index contributed by atoms with van der Waals surface area (Å²) < 4.78 is 28.6. The molecule has 0 radical (unpaired) electrons. The maximum atomic E-state index is 14.4. The molecule has 26 heavy (non-hydrogen) atoms. The molecule has 2 fully saturated rings. The van der Waals surface area contributed by atoms with Crippen molar-refractivity contribution in [2.75, 3.05) is 0 Å². The molecule has 3 rings (SSSR count). The van der Waals surface area contributed by atoms with Crippen LogP contribution in [0.4, 0.5) is 8.78 Å². The van der Waals surface area contributed by atoms with Crippen molar-refractivity contribution in [2.45, 2.75) is 64.7 Å². The van der Waals surface area contributed by atoms with Gasteiger partial charge in [0.1, 0.15) is 0 Å². The Morgan fingerprint density at radius 3 is 2.08 bits per heavy atom. The Labute approximate surface area is 157 Å². The van der Waals surface area contributed by atoms with Gasteiger partial charge in [-0.1, -0.05) is 24.8 Å². The normalized spacial score (nSPS) is 29.3. The molecule has 0 nitrogen and oxygen atoms in total. The summed E-state index contributed by atoms with van der Waals surface area (Å²) in [4.78, 5) is 0. The summed E-state index contributed by atoms with van der Waals surface area (Å²) in [6.07, 6.45) is 12.9. The Kier molecular flexibility index (Phi) is 6.32. The Morgan fingerprint density at radius 1 is 0.962 bits per heavy atom. The Morgan fingerprint density at radius 2 is 1.54 bits per heavy atom. The van der Waals surface area contributed by atoms with E-state index in [2.05, 4.69) is 19.2 Å². The molecule has 0 atom stereocenters. The standard InChI is InChI=1S/C24H32F2/c1-4-17-5-9-19(10-6-17)20-11-7-18(8-12-20)15-21-13-14-22(16(2)3)24(26)23(21)25/h4,13-14,17-20H,1-2,5-12,15H2,3H3. The number of hydrogen-bond acceptors (Lipinski definition) is 0. The van der Waals surface area contributed by atoms with E-state index in [1.54, 1.807) is 19.1 Å². The van der Waals surface area contributed by atoms with Crippen molar-refractivity contribution in [2.24, 2.45) is 23.7 Å². The van der Waals surface area contributed by atoms with Crippen LogP contribution in [0.5, 0.6) is 0 Å². The average molecular weight is 359 g/mol. The van der Waals surface area contributed by atoms with Crippen molar-refractivity contribution < 1.29 is 8.78 Å². The summed E-state index contributed by atoms with van der Waals surface area (Å²) in [5.41, 5.74) is 1.40. The van der Waals surface area contributed by atoms with Crippen LogP contribution in [-0.2, 0) is 6.42 Å². The SMILES string of the molecule is C=CC1CCC(C2CCC(Cc3ccc(C(=C)C)c(F)c3F)CC2)CC1. The van der Waals surface area contributed by atoms with Crippen LogP contribution < -0.4 is 0 Å². The lowest BCUT2D eigenvalue weighted by Crippen LogP contribution is -2.26. The molecule has 0 N–H and O–H groups in total. The highest BCUT2D eigenvalue weighted by Gasteiger charge is 2.30. The van der Waals surface area contributed by atoms with Crippen molar-refractivity contribution >= 4 is 5.57 Å². The topological polar surface area (TPSA) is 0 Å². The van der Waals surface area contributed by atoms with E-state index in [1.165, 1.54) is 38.5 Å². The first kappa shape index (κ1) is 19.3. The number of halogens is 2. The van der Waals surface area contributed by atoms with Crippen LogP contribution in [0.3, 0.4) is 0 Å². The van der Waals surface area contributed by atoms with E-state index >= 15 is 0 Å². The lowest BCUT2D eigenvalue weighted by molar-refractivity contribution is 0.155. The van der Waals surface area contributed by atoms with Crippen LogP contribution >= 0.6 is 0 Å². The summed E-state index contributed by atoms with van der Waals surface area (Å²) in [5.74, 6) is 1.52. The largest absolute Gasteiger partial charge is 0.203 e. The van der Waals surface area contributed by atoms with Crippen LogP contribution in [0.15, 0.2) is 31.4 Å². The van der Waals surface area contributed by atoms with Gasteiger partial charge in [0.05, 0.1) is 0 Å². The van der Waals surface area contributed by atoms with Crippen molar-refractivity contribution in [3.63, 3.8) is 0 Å². The third-order valence-corrected chi connectivity index (χ3v) is 6.84. The number of benzene rings is 1. The minimum atomic E-state index is -0.734. The highest BCUT2D eigenvalue weighted by Crippen LogP contribution is 2.42. The maximum absolute atomic E-state index is 14.4. The van der Waals surface area contributed by atoms with Gasteiger partial charge in [0.25, 0.3) is 0 Å². The van der Waals surface area contributed by atoms with Crippen LogP contribution in [0.1, 0.15) is 69.4 Å². The highest BCUT2D eigenvalue weighted by atomic mass is 19.2. The second-order valence-electron chi connectivity index (χ2n) is 8.58. The lowest BCUT2D eigenvalue weighted by Gasteiger charge is -2.37. The quantitative estimate of drug-likeness (QED) is 0.483. The maximum Gasteiger partial charge on any atom is 0.166 e. The van der Waals surface area contributed by atoms with E-state index in [1.807, 2.05) is 0 Å². The van der Waals surface area contributed by atoms with Gasteiger partial charge in [0.2, 0.25) is 0 Å². The third kappa shape index (κ3) is 4.27. The molecule has 0 saturated heterocycles. The molecule has 2 saturated carbocycles. The molecule has 0 spiro atoms. The molecule has 0 bridgehead atoms. The zero-order valence-corrected chi connectivity index (χ0v) is 16.1. The zero-order valence-electron chi connectivity index (χ0n) is 16.1. The van der Waals surface area contributed by atoms with E-state index in [9.17, 15) is 8.78 Å². The van der Waals surface area contributed by atoms with E-state index in [0.29, 0.717) is 29.0 Å². The van der Waals surface area contributed by atoms with E-state index < -0.39 is 11.6 Å². The summed E-state index contributed by atoms with van der Waals surface area (Å²) in [6, 6.07) is 3.44. The van der Waals surface area contributed by atoms with Gasteiger partial charge in [0.15, 0.2) is 11.6 Å². The minimum absolute atomic E-state index is 0.296. The molecule has 0 amide bonds. The first-order valence-electron chi connectivity index (χ1n) is 10.2.